The molecule has 2 heterocycles. The lowest BCUT2D eigenvalue weighted by molar-refractivity contribution is -0.116. The standard InChI is InChI=1S/C25H26N4O2/c1-3-18-5-7-19(8-6-18)9-14-24(30)28-20-15-23-25(26-16-20)29(17-27-23)21-10-12-22(13-11-21)31-4-2/h5-8,10-13,15-17H,3-4,9,14H2,1-2H3,(H,28,30). The Morgan fingerprint density at radius 3 is 2.45 bits per heavy atom. The van der Waals surface area contributed by atoms with Gasteiger partial charge in [-0.1, -0.05) is 31.2 Å². The molecule has 2 aromatic carbocycles. The first-order valence-corrected chi connectivity index (χ1v) is 10.6. The van der Waals surface area contributed by atoms with Crippen LogP contribution < -0.4 is 10.1 Å². The highest BCUT2D eigenvalue weighted by atomic mass is 16.5. The van der Waals surface area contributed by atoms with Crippen LogP contribution in [0.1, 0.15) is 31.4 Å². The number of ether oxygens (including phenoxy) is 1. The SMILES string of the molecule is CCOc1ccc(-n2cnc3cc(NC(=O)CCc4ccc(CC)cc4)cnc32)cc1. The second-order valence-electron chi connectivity index (χ2n) is 7.33. The summed E-state index contributed by atoms with van der Waals surface area (Å²) >= 11 is 0. The highest BCUT2D eigenvalue weighted by Gasteiger charge is 2.09. The molecule has 0 spiro atoms. The lowest BCUT2D eigenvalue weighted by Crippen LogP contribution is -2.12. The van der Waals surface area contributed by atoms with Crippen LogP contribution in [0.3, 0.4) is 0 Å². The first kappa shape index (κ1) is 20.6. The van der Waals surface area contributed by atoms with Gasteiger partial charge < -0.3 is 10.1 Å². The number of hydrogen-bond acceptors (Lipinski definition) is 4. The summed E-state index contributed by atoms with van der Waals surface area (Å²) in [6.07, 6.45) is 5.55. The predicted octanol–water partition coefficient (Wildman–Crippen LogP) is 4.95. The Balaban J connectivity index is 1.41. The Morgan fingerprint density at radius 1 is 1.00 bits per heavy atom. The zero-order chi connectivity index (χ0) is 21.6. The molecule has 31 heavy (non-hydrogen) atoms. The molecule has 0 saturated heterocycles. The third-order valence-corrected chi connectivity index (χ3v) is 5.17. The maximum absolute atomic E-state index is 12.4. The summed E-state index contributed by atoms with van der Waals surface area (Å²) < 4.78 is 7.41. The van der Waals surface area contributed by atoms with Gasteiger partial charge in [0.1, 0.15) is 17.6 Å². The van der Waals surface area contributed by atoms with Crippen molar-refractivity contribution in [3.8, 4) is 11.4 Å². The quantitative estimate of drug-likeness (QED) is 0.443. The van der Waals surface area contributed by atoms with Gasteiger partial charge in [-0.2, -0.15) is 0 Å². The van der Waals surface area contributed by atoms with Crippen molar-refractivity contribution in [1.29, 1.82) is 0 Å². The minimum Gasteiger partial charge on any atom is -0.494 e. The smallest absolute Gasteiger partial charge is 0.224 e. The Labute approximate surface area is 181 Å². The maximum Gasteiger partial charge on any atom is 0.224 e. The first-order chi connectivity index (χ1) is 15.2. The van der Waals surface area contributed by atoms with Crippen molar-refractivity contribution in [1.82, 2.24) is 14.5 Å². The normalized spacial score (nSPS) is 10.9. The fourth-order valence-electron chi connectivity index (χ4n) is 3.45. The summed E-state index contributed by atoms with van der Waals surface area (Å²) in [6, 6.07) is 18.1. The number of anilines is 1. The van der Waals surface area contributed by atoms with E-state index >= 15 is 0 Å². The van der Waals surface area contributed by atoms with Crippen LogP contribution in [0.5, 0.6) is 5.75 Å². The van der Waals surface area contributed by atoms with E-state index in [1.165, 1.54) is 5.56 Å². The van der Waals surface area contributed by atoms with Gasteiger partial charge in [0.25, 0.3) is 0 Å². The number of rotatable bonds is 8. The molecule has 1 amide bonds. The molecule has 2 aromatic heterocycles. The van der Waals surface area contributed by atoms with E-state index in [-0.39, 0.29) is 5.91 Å². The molecule has 0 unspecified atom stereocenters. The summed E-state index contributed by atoms with van der Waals surface area (Å²) in [4.78, 5) is 21.4. The third kappa shape index (κ3) is 4.91. The fraction of sp³-hybridized carbons (Fsp3) is 0.240. The zero-order valence-corrected chi connectivity index (χ0v) is 17.8. The number of carbonyl (C=O) groups excluding carboxylic acids is 1. The van der Waals surface area contributed by atoms with Crippen LogP contribution in [0.4, 0.5) is 5.69 Å². The average Bonchev–Trinajstić information content (AvgIpc) is 3.22. The molecular formula is C25H26N4O2. The fourth-order valence-corrected chi connectivity index (χ4v) is 3.45. The molecule has 0 fully saturated rings. The molecule has 4 rings (SSSR count). The maximum atomic E-state index is 12.4. The van der Waals surface area contributed by atoms with Gasteiger partial charge in [0.05, 0.1) is 18.5 Å². The molecule has 0 aliphatic carbocycles. The Morgan fingerprint density at radius 2 is 1.74 bits per heavy atom. The summed E-state index contributed by atoms with van der Waals surface area (Å²) in [6.45, 7) is 4.73. The molecule has 0 saturated carbocycles. The minimum absolute atomic E-state index is 0.0355. The number of aryl methyl sites for hydroxylation is 2. The first-order valence-electron chi connectivity index (χ1n) is 10.6. The largest absolute Gasteiger partial charge is 0.494 e. The molecule has 6 nitrogen and oxygen atoms in total. The van der Waals surface area contributed by atoms with E-state index in [1.54, 1.807) is 12.5 Å². The van der Waals surface area contributed by atoms with Crippen LogP contribution in [-0.4, -0.2) is 27.0 Å². The van der Waals surface area contributed by atoms with Crippen LogP contribution in [0.25, 0.3) is 16.9 Å². The van der Waals surface area contributed by atoms with Gasteiger partial charge >= 0.3 is 0 Å². The van der Waals surface area contributed by atoms with E-state index in [9.17, 15) is 4.79 Å². The summed E-state index contributed by atoms with van der Waals surface area (Å²) in [5.41, 5.74) is 5.52. The lowest BCUT2D eigenvalue weighted by atomic mass is 10.1. The average molecular weight is 415 g/mol. The van der Waals surface area contributed by atoms with E-state index in [0.717, 1.165) is 34.6 Å². The van der Waals surface area contributed by atoms with Crippen LogP contribution in [0.2, 0.25) is 0 Å². The van der Waals surface area contributed by atoms with Crippen molar-refractivity contribution >= 4 is 22.8 Å². The van der Waals surface area contributed by atoms with Crippen molar-refractivity contribution < 1.29 is 9.53 Å². The van der Waals surface area contributed by atoms with Crippen molar-refractivity contribution in [2.45, 2.75) is 33.1 Å². The summed E-state index contributed by atoms with van der Waals surface area (Å²) in [5, 5.41) is 2.93. The summed E-state index contributed by atoms with van der Waals surface area (Å²) in [5.74, 6) is 0.793. The van der Waals surface area contributed by atoms with E-state index in [4.69, 9.17) is 4.74 Å². The number of amides is 1. The Kier molecular flexibility index (Phi) is 6.26. The number of aromatic nitrogens is 3. The second-order valence-corrected chi connectivity index (χ2v) is 7.33. The highest BCUT2D eigenvalue weighted by molar-refractivity contribution is 5.92. The molecule has 4 aromatic rings. The van der Waals surface area contributed by atoms with Crippen LogP contribution in [-0.2, 0) is 17.6 Å². The Hall–Kier alpha value is -3.67. The second kappa shape index (κ2) is 9.43. The summed E-state index contributed by atoms with van der Waals surface area (Å²) in [7, 11) is 0. The van der Waals surface area contributed by atoms with Crippen molar-refractivity contribution in [3.05, 3.63) is 78.2 Å². The molecule has 1 N–H and O–H groups in total. The predicted molar refractivity (Wildman–Crippen MR) is 123 cm³/mol. The van der Waals surface area contributed by atoms with Gasteiger partial charge in [0.15, 0.2) is 5.65 Å². The number of hydrogen-bond donors (Lipinski definition) is 1. The van der Waals surface area contributed by atoms with Crippen molar-refractivity contribution in [2.24, 2.45) is 0 Å². The zero-order valence-electron chi connectivity index (χ0n) is 17.8. The number of fused-ring (bicyclic) bond motifs is 1. The van der Waals surface area contributed by atoms with Gasteiger partial charge in [-0.15, -0.1) is 0 Å². The molecular weight excluding hydrogens is 388 g/mol. The molecule has 0 aliphatic heterocycles. The highest BCUT2D eigenvalue weighted by Crippen LogP contribution is 2.21. The number of carbonyl (C=O) groups is 1. The minimum atomic E-state index is -0.0355. The number of benzene rings is 2. The Bertz CT molecular complexity index is 1160. The topological polar surface area (TPSA) is 69.0 Å². The number of imidazole rings is 1. The molecule has 0 aliphatic rings. The van der Waals surface area contributed by atoms with E-state index < -0.39 is 0 Å². The van der Waals surface area contributed by atoms with Crippen LogP contribution >= 0.6 is 0 Å². The van der Waals surface area contributed by atoms with E-state index in [2.05, 4.69) is 46.5 Å². The molecule has 0 radical (unpaired) electrons. The molecule has 6 heteroatoms. The van der Waals surface area contributed by atoms with Gasteiger partial charge in [0, 0.05) is 12.1 Å². The molecule has 0 bridgehead atoms. The van der Waals surface area contributed by atoms with Gasteiger partial charge in [0.2, 0.25) is 5.91 Å². The van der Waals surface area contributed by atoms with Gasteiger partial charge in [-0.3, -0.25) is 9.36 Å². The van der Waals surface area contributed by atoms with Crippen molar-refractivity contribution in [3.63, 3.8) is 0 Å². The van der Waals surface area contributed by atoms with Gasteiger partial charge in [-0.25, -0.2) is 9.97 Å². The van der Waals surface area contributed by atoms with E-state index in [1.807, 2.05) is 41.8 Å². The molecule has 0 atom stereocenters. The number of nitrogens with zero attached hydrogens (tertiary/aromatic N) is 3. The monoisotopic (exact) mass is 414 g/mol. The lowest BCUT2D eigenvalue weighted by Gasteiger charge is -2.08. The van der Waals surface area contributed by atoms with Crippen molar-refractivity contribution in [2.75, 3.05) is 11.9 Å². The van der Waals surface area contributed by atoms with E-state index in [0.29, 0.717) is 25.1 Å². The van der Waals surface area contributed by atoms with Gasteiger partial charge in [-0.05, 0) is 61.2 Å². The van der Waals surface area contributed by atoms with Crippen LogP contribution in [0, 0.1) is 0 Å². The molecule has 158 valence electrons. The number of nitrogens with one attached hydrogen (secondary N) is 1. The van der Waals surface area contributed by atoms with Crippen LogP contribution in [0.15, 0.2) is 67.1 Å². The third-order valence-electron chi connectivity index (χ3n) is 5.17. The number of pyridine rings is 1.